The van der Waals surface area contributed by atoms with Crippen LogP contribution in [0.4, 0.5) is 0 Å². The maximum atomic E-state index is 11.6. The van der Waals surface area contributed by atoms with Crippen LogP contribution in [0, 0.1) is 0 Å². The lowest BCUT2D eigenvalue weighted by Gasteiger charge is -2.07. The number of carbonyl (C=O) groups excluding carboxylic acids is 1. The summed E-state index contributed by atoms with van der Waals surface area (Å²) in [6.45, 7) is 0. The van der Waals surface area contributed by atoms with Crippen LogP contribution in [0.25, 0.3) is 22.3 Å². The number of aromatic nitrogens is 4. The fourth-order valence-corrected chi connectivity index (χ4v) is 2.74. The number of methoxy groups -OCH3 is 1. The normalized spacial score (nSPS) is 10.5. The van der Waals surface area contributed by atoms with E-state index in [0.717, 1.165) is 22.3 Å². The molecule has 0 atom stereocenters. The molecule has 0 saturated carbocycles. The first kappa shape index (κ1) is 17.4. The van der Waals surface area contributed by atoms with Crippen molar-refractivity contribution in [3.8, 4) is 33.9 Å². The second-order valence-corrected chi connectivity index (χ2v) is 5.93. The summed E-state index contributed by atoms with van der Waals surface area (Å²) < 4.78 is 10.3. The van der Waals surface area contributed by atoms with Gasteiger partial charge in [-0.3, -0.25) is 4.98 Å². The number of ether oxygens (including phenoxy) is 2. The molecule has 0 radical (unpaired) electrons. The number of aromatic amines is 1. The van der Waals surface area contributed by atoms with Crippen LogP contribution in [0.2, 0.25) is 0 Å². The Labute approximate surface area is 161 Å². The number of hydrogen-bond acceptors (Lipinski definition) is 6. The molecule has 7 heteroatoms. The van der Waals surface area contributed by atoms with Crippen LogP contribution in [-0.2, 0) is 4.74 Å². The van der Waals surface area contributed by atoms with Gasteiger partial charge in [-0.2, -0.15) is 0 Å². The lowest BCUT2D eigenvalue weighted by atomic mass is 10.0. The summed E-state index contributed by atoms with van der Waals surface area (Å²) in [7, 11) is 1.28. The van der Waals surface area contributed by atoms with Crippen molar-refractivity contribution in [3.05, 3.63) is 78.8 Å². The molecule has 0 bridgehead atoms. The highest BCUT2D eigenvalue weighted by Crippen LogP contribution is 2.28. The molecule has 0 spiro atoms. The van der Waals surface area contributed by atoms with Crippen molar-refractivity contribution < 1.29 is 14.3 Å². The summed E-state index contributed by atoms with van der Waals surface area (Å²) in [5, 5.41) is 9.81. The van der Waals surface area contributed by atoms with Gasteiger partial charge in [-0.15, -0.1) is 0 Å². The van der Waals surface area contributed by atoms with E-state index in [1.54, 1.807) is 18.3 Å². The Balaban J connectivity index is 1.51. The molecule has 0 amide bonds. The molecule has 0 aliphatic carbocycles. The van der Waals surface area contributed by atoms with Crippen molar-refractivity contribution in [2.75, 3.05) is 7.11 Å². The van der Waals surface area contributed by atoms with Crippen molar-refractivity contribution in [3.63, 3.8) is 0 Å². The van der Waals surface area contributed by atoms with Gasteiger partial charge in [0.15, 0.2) is 0 Å². The second-order valence-electron chi connectivity index (χ2n) is 5.93. The summed E-state index contributed by atoms with van der Waals surface area (Å²) in [4.78, 5) is 15.8. The molecule has 2 aromatic heterocycles. The van der Waals surface area contributed by atoms with Gasteiger partial charge in [0.25, 0.3) is 5.88 Å². The lowest BCUT2D eigenvalue weighted by Crippen LogP contribution is -2.03. The van der Waals surface area contributed by atoms with Crippen LogP contribution in [-0.4, -0.2) is 33.5 Å². The topological polar surface area (TPSA) is 90.0 Å². The molecule has 28 heavy (non-hydrogen) atoms. The minimum atomic E-state index is -0.592. The highest BCUT2D eigenvalue weighted by molar-refractivity contribution is 5.89. The van der Waals surface area contributed by atoms with Crippen LogP contribution in [0.3, 0.4) is 0 Å². The van der Waals surface area contributed by atoms with Crippen LogP contribution < -0.4 is 4.74 Å². The van der Waals surface area contributed by atoms with Gasteiger partial charge in [0.1, 0.15) is 5.75 Å². The van der Waals surface area contributed by atoms with Crippen molar-refractivity contribution >= 4 is 5.97 Å². The molecule has 0 aliphatic rings. The molecule has 1 N–H and O–H groups in total. The average Bonchev–Trinajstić information content (AvgIpc) is 3.22. The number of H-pyrrole nitrogens is 1. The van der Waals surface area contributed by atoms with Gasteiger partial charge in [-0.05, 0) is 40.5 Å². The summed E-state index contributed by atoms with van der Waals surface area (Å²) in [6.07, 6.45) is 3.60. The third-order valence-electron chi connectivity index (χ3n) is 4.19. The van der Waals surface area contributed by atoms with Crippen molar-refractivity contribution in [1.82, 2.24) is 20.4 Å². The smallest absolute Gasteiger partial charge is 0.361 e. The molecule has 0 saturated heterocycles. The molecule has 4 aromatic rings. The number of carbonyl (C=O) groups is 1. The van der Waals surface area contributed by atoms with Crippen molar-refractivity contribution in [2.45, 2.75) is 0 Å². The SMILES string of the molecule is COC(=O)c1[nH]nnc1Oc1ccc(-c2ccc(-c3cccnc3)cc2)cc1. The van der Waals surface area contributed by atoms with E-state index >= 15 is 0 Å². The number of rotatable bonds is 5. The minimum Gasteiger partial charge on any atom is -0.464 e. The second kappa shape index (κ2) is 7.71. The first-order valence-corrected chi connectivity index (χ1v) is 8.53. The number of pyridine rings is 1. The number of nitrogens with one attached hydrogen (secondary N) is 1. The maximum Gasteiger partial charge on any atom is 0.361 e. The standard InChI is InChI=1S/C21H16N4O3/c1-27-21(26)19-20(24-25-23-19)28-18-10-8-15(9-11-18)14-4-6-16(7-5-14)17-3-2-12-22-13-17/h2-13H,1H3,(H,23,24,25). The molecule has 0 unspecified atom stereocenters. The van der Waals surface area contributed by atoms with E-state index < -0.39 is 5.97 Å². The van der Waals surface area contributed by atoms with Crippen LogP contribution in [0.1, 0.15) is 10.5 Å². The van der Waals surface area contributed by atoms with Gasteiger partial charge in [-0.1, -0.05) is 52.8 Å². The molecule has 0 fully saturated rings. The first-order valence-electron chi connectivity index (χ1n) is 8.53. The Morgan fingerprint density at radius 3 is 2.14 bits per heavy atom. The molecule has 2 heterocycles. The van der Waals surface area contributed by atoms with Crippen molar-refractivity contribution in [1.29, 1.82) is 0 Å². The highest BCUT2D eigenvalue weighted by atomic mass is 16.5. The molecule has 0 aliphatic heterocycles. The summed E-state index contributed by atoms with van der Waals surface area (Å²) in [5.41, 5.74) is 4.37. The van der Waals surface area contributed by atoms with E-state index in [4.69, 9.17) is 4.74 Å². The van der Waals surface area contributed by atoms with Gasteiger partial charge in [0.2, 0.25) is 5.69 Å². The third-order valence-corrected chi connectivity index (χ3v) is 4.19. The Morgan fingerprint density at radius 1 is 0.893 bits per heavy atom. The molecule has 138 valence electrons. The predicted molar refractivity (Wildman–Crippen MR) is 103 cm³/mol. The zero-order valence-corrected chi connectivity index (χ0v) is 15.0. The first-order chi connectivity index (χ1) is 13.7. The summed E-state index contributed by atoms with van der Waals surface area (Å²) in [6, 6.07) is 19.7. The maximum absolute atomic E-state index is 11.6. The largest absolute Gasteiger partial charge is 0.464 e. The van der Waals surface area contributed by atoms with E-state index in [1.807, 2.05) is 30.5 Å². The molecular formula is C21H16N4O3. The fraction of sp³-hybridized carbons (Fsp3) is 0.0476. The highest BCUT2D eigenvalue weighted by Gasteiger charge is 2.18. The van der Waals surface area contributed by atoms with E-state index in [-0.39, 0.29) is 11.6 Å². The quantitative estimate of drug-likeness (QED) is 0.530. The van der Waals surface area contributed by atoms with E-state index in [1.165, 1.54) is 7.11 Å². The fourth-order valence-electron chi connectivity index (χ4n) is 2.74. The van der Waals surface area contributed by atoms with Gasteiger partial charge in [0.05, 0.1) is 7.11 Å². The van der Waals surface area contributed by atoms with Crippen LogP contribution >= 0.6 is 0 Å². The average molecular weight is 372 g/mol. The molecule has 4 rings (SSSR count). The predicted octanol–water partition coefficient (Wildman–Crippen LogP) is 4.11. The van der Waals surface area contributed by atoms with Gasteiger partial charge in [-0.25, -0.2) is 9.89 Å². The van der Waals surface area contributed by atoms with Gasteiger partial charge in [0, 0.05) is 12.4 Å². The van der Waals surface area contributed by atoms with E-state index in [9.17, 15) is 4.79 Å². The van der Waals surface area contributed by atoms with Crippen LogP contribution in [0.5, 0.6) is 11.6 Å². The van der Waals surface area contributed by atoms with Crippen molar-refractivity contribution in [2.24, 2.45) is 0 Å². The van der Waals surface area contributed by atoms with Gasteiger partial charge < -0.3 is 9.47 Å². The monoisotopic (exact) mass is 372 g/mol. The van der Waals surface area contributed by atoms with Crippen LogP contribution in [0.15, 0.2) is 73.1 Å². The Hall–Kier alpha value is -4.00. The third kappa shape index (κ3) is 3.59. The zero-order chi connectivity index (χ0) is 19.3. The minimum absolute atomic E-state index is 0.0672. The van der Waals surface area contributed by atoms with E-state index in [2.05, 4.69) is 49.4 Å². The number of esters is 1. The Morgan fingerprint density at radius 2 is 1.54 bits per heavy atom. The number of benzene rings is 2. The van der Waals surface area contributed by atoms with Gasteiger partial charge >= 0.3 is 5.97 Å². The molecule has 7 nitrogen and oxygen atoms in total. The number of nitrogens with zero attached hydrogens (tertiary/aromatic N) is 3. The van der Waals surface area contributed by atoms with E-state index in [0.29, 0.717) is 5.75 Å². The Bertz CT molecular complexity index is 1070. The Kier molecular flexibility index (Phi) is 4.79. The molecule has 2 aromatic carbocycles. The summed E-state index contributed by atoms with van der Waals surface area (Å²) >= 11 is 0. The number of hydrogen-bond donors (Lipinski definition) is 1. The summed E-state index contributed by atoms with van der Waals surface area (Å²) in [5.74, 6) is 0.0144. The zero-order valence-electron chi connectivity index (χ0n) is 15.0. The molecular weight excluding hydrogens is 356 g/mol. The lowest BCUT2D eigenvalue weighted by molar-refractivity contribution is 0.0591.